The van der Waals surface area contributed by atoms with Crippen molar-refractivity contribution in [3.05, 3.63) is 0 Å². The molecule has 0 aromatic heterocycles. The van der Waals surface area contributed by atoms with Crippen LogP contribution >= 0.6 is 12.4 Å². The average Bonchev–Trinajstić information content (AvgIpc) is 2.74. The van der Waals surface area contributed by atoms with E-state index in [0.717, 1.165) is 32.6 Å². The number of hydrogen-bond donors (Lipinski definition) is 1. The minimum absolute atomic E-state index is 0. The maximum absolute atomic E-state index is 11.9. The van der Waals surface area contributed by atoms with E-state index >= 15 is 0 Å². The molecule has 4 nitrogen and oxygen atoms in total. The Labute approximate surface area is 116 Å². The van der Waals surface area contributed by atoms with Gasteiger partial charge in [0.1, 0.15) is 6.61 Å². The van der Waals surface area contributed by atoms with Crippen molar-refractivity contribution >= 4 is 18.3 Å². The Bertz CT molecular complexity index is 268. The number of halogens is 1. The van der Waals surface area contributed by atoms with Crippen molar-refractivity contribution in [2.24, 2.45) is 5.41 Å². The molecule has 2 fully saturated rings. The molecule has 2 saturated heterocycles. The first-order valence-electron chi connectivity index (χ1n) is 6.82. The quantitative estimate of drug-likeness (QED) is 0.790. The molecule has 0 aromatic carbocycles. The largest absolute Gasteiger partial charge is 0.372 e. The summed E-state index contributed by atoms with van der Waals surface area (Å²) in [6.45, 7) is 7.10. The summed E-state index contributed by atoms with van der Waals surface area (Å²) in [5, 5.41) is 3.39. The first-order valence-corrected chi connectivity index (χ1v) is 6.82. The fourth-order valence-electron chi connectivity index (χ4n) is 2.91. The number of amides is 1. The smallest absolute Gasteiger partial charge is 0.248 e. The summed E-state index contributed by atoms with van der Waals surface area (Å²) >= 11 is 0. The lowest BCUT2D eigenvalue weighted by Gasteiger charge is -2.33. The van der Waals surface area contributed by atoms with Gasteiger partial charge in [0.05, 0.1) is 0 Å². The van der Waals surface area contributed by atoms with Crippen LogP contribution in [0, 0.1) is 5.41 Å². The first kappa shape index (κ1) is 15.7. The molecule has 2 aliphatic rings. The number of carbonyl (C=O) groups is 1. The normalized spacial score (nSPS) is 21.9. The number of piperidine rings is 1. The van der Waals surface area contributed by atoms with Crippen molar-refractivity contribution in [2.75, 3.05) is 39.4 Å². The van der Waals surface area contributed by atoms with Crippen molar-refractivity contribution in [1.82, 2.24) is 10.2 Å². The lowest BCUT2D eigenvalue weighted by molar-refractivity contribution is -0.135. The van der Waals surface area contributed by atoms with E-state index in [4.69, 9.17) is 4.74 Å². The number of nitrogens with zero attached hydrogens (tertiary/aromatic N) is 1. The summed E-state index contributed by atoms with van der Waals surface area (Å²) in [5.41, 5.74) is 0.408. The van der Waals surface area contributed by atoms with Crippen LogP contribution in [0.2, 0.25) is 0 Å². The minimum atomic E-state index is 0. The third-order valence-corrected chi connectivity index (χ3v) is 4.03. The highest BCUT2D eigenvalue weighted by molar-refractivity contribution is 5.85. The third-order valence-electron chi connectivity index (χ3n) is 4.03. The zero-order valence-electron chi connectivity index (χ0n) is 11.2. The van der Waals surface area contributed by atoms with Gasteiger partial charge in [0.2, 0.25) is 5.91 Å². The van der Waals surface area contributed by atoms with Crippen LogP contribution in [0.1, 0.15) is 32.6 Å². The molecule has 0 aliphatic carbocycles. The van der Waals surface area contributed by atoms with E-state index in [2.05, 4.69) is 12.2 Å². The van der Waals surface area contributed by atoms with Crippen molar-refractivity contribution in [3.8, 4) is 0 Å². The third kappa shape index (κ3) is 3.84. The van der Waals surface area contributed by atoms with E-state index in [-0.39, 0.29) is 24.9 Å². The second-order valence-corrected chi connectivity index (χ2v) is 5.37. The van der Waals surface area contributed by atoms with Gasteiger partial charge in [-0.2, -0.15) is 0 Å². The molecule has 2 rings (SSSR count). The van der Waals surface area contributed by atoms with Crippen molar-refractivity contribution in [2.45, 2.75) is 32.6 Å². The number of likely N-dealkylation sites (tertiary alicyclic amines) is 1. The Morgan fingerprint density at radius 3 is 2.72 bits per heavy atom. The molecule has 1 N–H and O–H groups in total. The van der Waals surface area contributed by atoms with Gasteiger partial charge in [-0.15, -0.1) is 12.4 Å². The first-order chi connectivity index (χ1) is 8.26. The molecule has 0 aromatic rings. The number of rotatable bonds is 4. The Morgan fingerprint density at radius 2 is 2.06 bits per heavy atom. The van der Waals surface area contributed by atoms with Crippen LogP contribution in [0.25, 0.3) is 0 Å². The highest BCUT2D eigenvalue weighted by Gasteiger charge is 2.40. The van der Waals surface area contributed by atoms with Gasteiger partial charge in [-0.3, -0.25) is 4.79 Å². The van der Waals surface area contributed by atoms with Gasteiger partial charge >= 0.3 is 0 Å². The van der Waals surface area contributed by atoms with Crippen LogP contribution in [0.4, 0.5) is 0 Å². The van der Waals surface area contributed by atoms with Gasteiger partial charge < -0.3 is 15.0 Å². The van der Waals surface area contributed by atoms with Crippen molar-refractivity contribution in [1.29, 1.82) is 0 Å². The number of nitrogens with one attached hydrogen (secondary N) is 1. The summed E-state index contributed by atoms with van der Waals surface area (Å²) < 4.78 is 5.33. The summed E-state index contributed by atoms with van der Waals surface area (Å²) in [4.78, 5) is 13.9. The zero-order valence-corrected chi connectivity index (χ0v) is 12.1. The molecule has 0 bridgehead atoms. The SMILES string of the molecule is CCCOCC(=O)N1CCC2(CCNCC2)C1.Cl. The van der Waals surface area contributed by atoms with Crippen LogP contribution in [0.3, 0.4) is 0 Å². The highest BCUT2D eigenvalue weighted by Crippen LogP contribution is 2.38. The second-order valence-electron chi connectivity index (χ2n) is 5.37. The monoisotopic (exact) mass is 276 g/mol. The predicted molar refractivity (Wildman–Crippen MR) is 74.1 cm³/mol. The molecule has 106 valence electrons. The van der Waals surface area contributed by atoms with E-state index < -0.39 is 0 Å². The van der Waals surface area contributed by atoms with Crippen LogP contribution < -0.4 is 5.32 Å². The van der Waals surface area contributed by atoms with Crippen LogP contribution in [0.5, 0.6) is 0 Å². The highest BCUT2D eigenvalue weighted by atomic mass is 35.5. The second kappa shape index (κ2) is 7.31. The molecular formula is C13H25ClN2O2. The van der Waals surface area contributed by atoms with Gasteiger partial charge in [-0.25, -0.2) is 0 Å². The summed E-state index contributed by atoms with van der Waals surface area (Å²) in [6, 6.07) is 0. The lowest BCUT2D eigenvalue weighted by atomic mass is 9.78. The molecule has 0 radical (unpaired) electrons. The van der Waals surface area contributed by atoms with E-state index in [9.17, 15) is 4.79 Å². The predicted octanol–water partition coefficient (Wildman–Crippen LogP) is 1.44. The standard InChI is InChI=1S/C13H24N2O2.ClH/c1-2-9-17-10-12(16)15-8-5-13(11-15)3-6-14-7-4-13;/h14H,2-11H2,1H3;1H. The fraction of sp³-hybridized carbons (Fsp3) is 0.923. The molecule has 5 heteroatoms. The van der Waals surface area contributed by atoms with E-state index in [1.807, 2.05) is 4.90 Å². The molecule has 2 heterocycles. The van der Waals surface area contributed by atoms with Crippen molar-refractivity contribution < 1.29 is 9.53 Å². The van der Waals surface area contributed by atoms with Gasteiger partial charge in [-0.05, 0) is 44.2 Å². The molecule has 0 unspecified atom stereocenters. The summed E-state index contributed by atoms with van der Waals surface area (Å²) in [5.74, 6) is 0.175. The maximum Gasteiger partial charge on any atom is 0.248 e. The molecular weight excluding hydrogens is 252 g/mol. The van der Waals surface area contributed by atoms with Gasteiger partial charge in [-0.1, -0.05) is 6.92 Å². The van der Waals surface area contributed by atoms with E-state index in [0.29, 0.717) is 12.0 Å². The molecule has 18 heavy (non-hydrogen) atoms. The molecule has 1 spiro atoms. The van der Waals surface area contributed by atoms with Gasteiger partial charge in [0.15, 0.2) is 0 Å². The molecule has 1 amide bonds. The van der Waals surface area contributed by atoms with Gasteiger partial charge in [0.25, 0.3) is 0 Å². The van der Waals surface area contributed by atoms with E-state index in [1.54, 1.807) is 0 Å². The van der Waals surface area contributed by atoms with Crippen LogP contribution in [-0.2, 0) is 9.53 Å². The van der Waals surface area contributed by atoms with Gasteiger partial charge in [0, 0.05) is 19.7 Å². The number of ether oxygens (including phenoxy) is 1. The summed E-state index contributed by atoms with van der Waals surface area (Å²) in [7, 11) is 0. The van der Waals surface area contributed by atoms with Crippen LogP contribution in [0.15, 0.2) is 0 Å². The fourth-order valence-corrected chi connectivity index (χ4v) is 2.91. The zero-order chi connectivity index (χ0) is 12.1. The lowest BCUT2D eigenvalue weighted by Crippen LogP contribution is -2.40. The van der Waals surface area contributed by atoms with Crippen molar-refractivity contribution in [3.63, 3.8) is 0 Å². The minimum Gasteiger partial charge on any atom is -0.372 e. The van der Waals surface area contributed by atoms with E-state index in [1.165, 1.54) is 19.3 Å². The Balaban J connectivity index is 0.00000162. The Morgan fingerprint density at radius 1 is 1.33 bits per heavy atom. The Hall–Kier alpha value is -0.320. The maximum atomic E-state index is 11.9. The summed E-state index contributed by atoms with van der Waals surface area (Å²) in [6.07, 6.45) is 4.58. The average molecular weight is 277 g/mol. The number of hydrogen-bond acceptors (Lipinski definition) is 3. The van der Waals surface area contributed by atoms with Crippen LogP contribution in [-0.4, -0.2) is 50.2 Å². The topological polar surface area (TPSA) is 41.6 Å². The molecule has 2 aliphatic heterocycles. The molecule has 0 saturated carbocycles. The number of carbonyl (C=O) groups excluding carboxylic acids is 1. The molecule has 0 atom stereocenters. The Kier molecular flexibility index (Phi) is 6.39.